The van der Waals surface area contributed by atoms with Gasteiger partial charge in [0.15, 0.2) is 5.82 Å². The number of nitrogens with two attached hydrogens (primary N) is 1. The highest BCUT2D eigenvalue weighted by atomic mass is 16.5. The van der Waals surface area contributed by atoms with Crippen LogP contribution in [0.2, 0.25) is 0 Å². The second-order valence-corrected chi connectivity index (χ2v) is 6.71. The summed E-state index contributed by atoms with van der Waals surface area (Å²) < 4.78 is 5.35. The third-order valence-electron chi connectivity index (χ3n) is 3.86. The van der Waals surface area contributed by atoms with Gasteiger partial charge in [-0.25, -0.2) is 0 Å². The first-order valence-electron chi connectivity index (χ1n) is 7.35. The van der Waals surface area contributed by atoms with Crippen LogP contribution in [-0.4, -0.2) is 21.6 Å². The second-order valence-electron chi connectivity index (χ2n) is 6.71. The maximum Gasteiger partial charge on any atom is 0.232 e. The Morgan fingerprint density at radius 2 is 2.14 bits per heavy atom. The van der Waals surface area contributed by atoms with Gasteiger partial charge >= 0.3 is 0 Å². The van der Waals surface area contributed by atoms with Crippen molar-refractivity contribution in [3.8, 4) is 0 Å². The molecule has 5 heteroatoms. The van der Waals surface area contributed by atoms with Crippen molar-refractivity contribution in [1.29, 1.82) is 0 Å². The Morgan fingerprint density at radius 3 is 2.86 bits per heavy atom. The molecule has 1 aromatic heterocycles. The molecule has 2 aromatic rings. The normalized spacial score (nSPS) is 16.0. The molecule has 21 heavy (non-hydrogen) atoms. The van der Waals surface area contributed by atoms with Crippen LogP contribution in [-0.2, 0) is 24.9 Å². The van der Waals surface area contributed by atoms with E-state index >= 15 is 0 Å². The minimum atomic E-state index is -0.103. The predicted molar refractivity (Wildman–Crippen MR) is 81.7 cm³/mol. The van der Waals surface area contributed by atoms with Gasteiger partial charge in [-0.05, 0) is 23.6 Å². The summed E-state index contributed by atoms with van der Waals surface area (Å²) >= 11 is 0. The first-order valence-corrected chi connectivity index (χ1v) is 7.35. The van der Waals surface area contributed by atoms with E-state index in [0.717, 1.165) is 31.0 Å². The number of nitrogens with zero attached hydrogens (tertiary/aromatic N) is 3. The first kappa shape index (κ1) is 14.1. The topological polar surface area (TPSA) is 68.2 Å². The molecular weight excluding hydrogens is 264 g/mol. The summed E-state index contributed by atoms with van der Waals surface area (Å²) in [5, 5.41) is 4.10. The van der Waals surface area contributed by atoms with Crippen LogP contribution in [0, 0.1) is 0 Å². The van der Waals surface area contributed by atoms with Crippen molar-refractivity contribution in [3.05, 3.63) is 41.0 Å². The van der Waals surface area contributed by atoms with Gasteiger partial charge in [0.25, 0.3) is 0 Å². The van der Waals surface area contributed by atoms with Crippen molar-refractivity contribution in [2.45, 2.75) is 45.7 Å². The van der Waals surface area contributed by atoms with E-state index in [9.17, 15) is 0 Å². The van der Waals surface area contributed by atoms with Crippen LogP contribution in [0.4, 0.5) is 5.69 Å². The third-order valence-corrected chi connectivity index (χ3v) is 3.86. The largest absolute Gasteiger partial charge is 0.398 e. The summed E-state index contributed by atoms with van der Waals surface area (Å²) in [5.74, 6) is 1.45. The van der Waals surface area contributed by atoms with Gasteiger partial charge in [-0.1, -0.05) is 38.1 Å². The fourth-order valence-electron chi connectivity index (χ4n) is 2.66. The zero-order valence-electron chi connectivity index (χ0n) is 12.9. The van der Waals surface area contributed by atoms with Crippen LogP contribution in [0.3, 0.4) is 0 Å². The lowest BCUT2D eigenvalue weighted by molar-refractivity contribution is 0.235. The summed E-state index contributed by atoms with van der Waals surface area (Å²) in [4.78, 5) is 6.84. The standard InChI is InChI=1S/C16H22N4O/c1-16(2,3)15-18-14(19-21-15)10-20-8-7-12-11(9-20)5-4-6-13(12)17/h4-6H,7-10,17H2,1-3H3. The molecule has 1 aromatic carbocycles. The van der Waals surface area contributed by atoms with E-state index in [1.807, 2.05) is 12.1 Å². The van der Waals surface area contributed by atoms with Crippen molar-refractivity contribution < 1.29 is 4.52 Å². The lowest BCUT2D eigenvalue weighted by atomic mass is 9.97. The molecule has 0 saturated carbocycles. The lowest BCUT2D eigenvalue weighted by Gasteiger charge is -2.28. The van der Waals surface area contributed by atoms with Crippen LogP contribution in [0.15, 0.2) is 22.7 Å². The summed E-state index contributed by atoms with van der Waals surface area (Å²) in [6.45, 7) is 8.80. The lowest BCUT2D eigenvalue weighted by Crippen LogP contribution is -2.31. The molecule has 0 fully saturated rings. The van der Waals surface area contributed by atoms with Crippen LogP contribution in [0.5, 0.6) is 0 Å². The Balaban J connectivity index is 1.71. The molecule has 0 atom stereocenters. The van der Waals surface area contributed by atoms with E-state index < -0.39 is 0 Å². The maximum atomic E-state index is 6.03. The maximum absolute atomic E-state index is 6.03. The summed E-state index contributed by atoms with van der Waals surface area (Å²) in [6, 6.07) is 6.14. The zero-order valence-corrected chi connectivity index (χ0v) is 12.9. The monoisotopic (exact) mass is 286 g/mol. The number of benzene rings is 1. The van der Waals surface area contributed by atoms with E-state index in [0.29, 0.717) is 12.4 Å². The van der Waals surface area contributed by atoms with Crippen molar-refractivity contribution in [2.24, 2.45) is 0 Å². The molecule has 0 bridgehead atoms. The van der Waals surface area contributed by atoms with Gasteiger partial charge in [0.1, 0.15) is 0 Å². The molecule has 0 radical (unpaired) electrons. The van der Waals surface area contributed by atoms with Crippen molar-refractivity contribution in [3.63, 3.8) is 0 Å². The summed E-state index contributed by atoms with van der Waals surface area (Å²) in [6.07, 6.45) is 0.978. The number of fused-ring (bicyclic) bond motifs is 1. The Morgan fingerprint density at radius 1 is 1.33 bits per heavy atom. The summed E-state index contributed by atoms with van der Waals surface area (Å²) in [7, 11) is 0. The van der Waals surface area contributed by atoms with Gasteiger partial charge in [0.2, 0.25) is 5.89 Å². The molecule has 5 nitrogen and oxygen atoms in total. The van der Waals surface area contributed by atoms with E-state index in [4.69, 9.17) is 10.3 Å². The van der Waals surface area contributed by atoms with Crippen LogP contribution >= 0.6 is 0 Å². The molecule has 0 unspecified atom stereocenters. The molecule has 112 valence electrons. The fraction of sp³-hybridized carbons (Fsp3) is 0.500. The molecule has 0 amide bonds. The van der Waals surface area contributed by atoms with E-state index in [1.54, 1.807) is 0 Å². The van der Waals surface area contributed by atoms with E-state index in [1.165, 1.54) is 11.1 Å². The van der Waals surface area contributed by atoms with Crippen molar-refractivity contribution in [2.75, 3.05) is 12.3 Å². The quantitative estimate of drug-likeness (QED) is 0.859. The Labute approximate surface area is 125 Å². The Kier molecular flexibility index (Phi) is 3.45. The van der Waals surface area contributed by atoms with Gasteiger partial charge in [-0.15, -0.1) is 0 Å². The Bertz CT molecular complexity index is 642. The second kappa shape index (κ2) is 5.15. The number of anilines is 1. The minimum absolute atomic E-state index is 0.103. The minimum Gasteiger partial charge on any atom is -0.398 e. The van der Waals surface area contributed by atoms with Crippen molar-refractivity contribution >= 4 is 5.69 Å². The fourth-order valence-corrected chi connectivity index (χ4v) is 2.66. The molecule has 0 saturated heterocycles. The molecule has 1 aliphatic rings. The number of hydrogen-bond donors (Lipinski definition) is 1. The van der Waals surface area contributed by atoms with Crippen molar-refractivity contribution in [1.82, 2.24) is 15.0 Å². The molecule has 2 N–H and O–H groups in total. The van der Waals surface area contributed by atoms with Crippen LogP contribution in [0.1, 0.15) is 43.6 Å². The highest BCUT2D eigenvalue weighted by Gasteiger charge is 2.24. The van der Waals surface area contributed by atoms with Gasteiger partial charge in [0, 0.05) is 24.2 Å². The van der Waals surface area contributed by atoms with Gasteiger partial charge in [-0.3, -0.25) is 4.90 Å². The molecule has 0 spiro atoms. The van der Waals surface area contributed by atoms with Crippen LogP contribution in [0.25, 0.3) is 0 Å². The highest BCUT2D eigenvalue weighted by Crippen LogP contribution is 2.25. The third kappa shape index (κ3) is 2.93. The average Bonchev–Trinajstić information content (AvgIpc) is 2.87. The molecule has 0 aliphatic carbocycles. The van der Waals surface area contributed by atoms with E-state index in [2.05, 4.69) is 41.9 Å². The molecular formula is C16H22N4O. The number of rotatable bonds is 2. The number of hydrogen-bond acceptors (Lipinski definition) is 5. The van der Waals surface area contributed by atoms with Crippen LogP contribution < -0.4 is 5.73 Å². The average molecular weight is 286 g/mol. The molecule has 2 heterocycles. The van der Waals surface area contributed by atoms with Gasteiger partial charge in [0.05, 0.1) is 6.54 Å². The number of nitrogen functional groups attached to an aromatic ring is 1. The summed E-state index contributed by atoms with van der Waals surface area (Å²) in [5.41, 5.74) is 9.43. The van der Waals surface area contributed by atoms with E-state index in [-0.39, 0.29) is 5.41 Å². The number of aromatic nitrogens is 2. The highest BCUT2D eigenvalue weighted by molar-refractivity contribution is 5.51. The Hall–Kier alpha value is -1.88. The van der Waals surface area contributed by atoms with Gasteiger partial charge < -0.3 is 10.3 Å². The SMILES string of the molecule is CC(C)(C)c1nc(CN2CCc3c(N)cccc3C2)no1. The zero-order chi connectivity index (χ0) is 15.0. The smallest absolute Gasteiger partial charge is 0.232 e. The predicted octanol–water partition coefficient (Wildman–Crippen LogP) is 2.51. The molecule has 1 aliphatic heterocycles. The van der Waals surface area contributed by atoms with Gasteiger partial charge in [-0.2, -0.15) is 4.98 Å². The molecule has 3 rings (SSSR count). The first-order chi connectivity index (χ1) is 9.93.